The molecule has 246 valence electrons. The minimum Gasteiger partial charge on any atom is -0.472 e. The highest BCUT2D eigenvalue weighted by atomic mass is 19.3. The molecule has 2 aromatic heterocycles. The lowest BCUT2D eigenvalue weighted by atomic mass is 9.94. The van der Waals surface area contributed by atoms with E-state index in [4.69, 9.17) is 20.2 Å². The van der Waals surface area contributed by atoms with Crippen molar-refractivity contribution in [3.05, 3.63) is 28.8 Å². The van der Waals surface area contributed by atoms with Gasteiger partial charge in [-0.05, 0) is 63.3 Å². The summed E-state index contributed by atoms with van der Waals surface area (Å²) in [4.78, 5) is 18.2. The molecular formula is C32H36F5N7O2. The average Bonchev–Trinajstić information content (AvgIpc) is 3.65. The van der Waals surface area contributed by atoms with E-state index < -0.39 is 42.3 Å². The van der Waals surface area contributed by atoms with Crippen molar-refractivity contribution in [1.29, 1.82) is 0 Å². The van der Waals surface area contributed by atoms with Crippen LogP contribution in [0.15, 0.2) is 6.07 Å². The van der Waals surface area contributed by atoms with Gasteiger partial charge in [0.15, 0.2) is 5.82 Å². The smallest absolute Gasteiger partial charge is 0.319 e. The molecular weight excluding hydrogens is 609 g/mol. The molecule has 7 heterocycles. The van der Waals surface area contributed by atoms with Crippen LogP contribution in [-0.2, 0) is 6.42 Å². The summed E-state index contributed by atoms with van der Waals surface area (Å²) in [5, 5.41) is 3.90. The molecule has 5 aliphatic rings. The molecule has 46 heavy (non-hydrogen) atoms. The summed E-state index contributed by atoms with van der Waals surface area (Å²) < 4.78 is 86.4. The Labute approximate surface area is 262 Å². The molecule has 4 fully saturated rings. The van der Waals surface area contributed by atoms with Gasteiger partial charge in [0.25, 0.3) is 0 Å². The Morgan fingerprint density at radius 3 is 2.80 bits per heavy atom. The molecule has 8 rings (SSSR count). The van der Waals surface area contributed by atoms with Gasteiger partial charge < -0.3 is 25.4 Å². The van der Waals surface area contributed by atoms with Crippen LogP contribution >= 0.6 is 0 Å². The first-order valence-corrected chi connectivity index (χ1v) is 16.0. The average molecular weight is 646 g/mol. The standard InChI is InChI=1S/C32H36F5N7O2/c1-14-18(9-22(34)35)19(8-20(38)24(14)36)26-25(37)27-23-29(42-31(41-27)45-13-32-6-3-7-43(32)11-16(33)10-32)44-12-17-4-5-21(39-17)28(44)15(2)46-30(23)40-26/h8,15-17,21-22,28,39H,3-7,9-13,38H2,1-2H3/t15-,16+,17+,21-,28+,32-/m0/s1. The summed E-state index contributed by atoms with van der Waals surface area (Å²) in [6, 6.07) is 1.18. The normalized spacial score (nSPS) is 30.1. The molecule has 0 unspecified atom stereocenters. The van der Waals surface area contributed by atoms with Gasteiger partial charge in [0.2, 0.25) is 12.3 Å². The fraction of sp³-hybridized carbons (Fsp3) is 0.594. The van der Waals surface area contributed by atoms with Crippen molar-refractivity contribution in [2.75, 3.05) is 36.9 Å². The van der Waals surface area contributed by atoms with Gasteiger partial charge in [0, 0.05) is 43.6 Å². The van der Waals surface area contributed by atoms with Crippen LogP contribution in [0.4, 0.5) is 33.5 Å². The number of pyridine rings is 1. The SMILES string of the molecule is Cc1c(F)c(N)cc(-c2nc3c4c(nc(OC[C@@]56CCCN5C[C@H](F)C6)nc4c2F)N2C[C@H]4CC[C@H](N4)[C@H]2[C@H](C)O3)c1CC(F)F. The molecule has 3 aromatic rings. The first kappa shape index (κ1) is 29.9. The van der Waals surface area contributed by atoms with Crippen LogP contribution in [-0.4, -0.2) is 88.5 Å². The van der Waals surface area contributed by atoms with Gasteiger partial charge in [-0.3, -0.25) is 4.90 Å². The zero-order valence-electron chi connectivity index (χ0n) is 25.6. The third-order valence-electron chi connectivity index (χ3n) is 10.7. The van der Waals surface area contributed by atoms with E-state index in [0.29, 0.717) is 25.3 Å². The third kappa shape index (κ3) is 4.57. The number of aromatic nitrogens is 3. The molecule has 0 radical (unpaired) electrons. The Morgan fingerprint density at radius 1 is 1.17 bits per heavy atom. The van der Waals surface area contributed by atoms with Gasteiger partial charge in [-0.1, -0.05) is 0 Å². The number of hydrogen-bond acceptors (Lipinski definition) is 9. The van der Waals surface area contributed by atoms with Gasteiger partial charge in [-0.25, -0.2) is 26.9 Å². The van der Waals surface area contributed by atoms with Gasteiger partial charge in [0.1, 0.15) is 47.1 Å². The van der Waals surface area contributed by atoms with Gasteiger partial charge in [-0.15, -0.1) is 0 Å². The quantitative estimate of drug-likeness (QED) is 0.292. The van der Waals surface area contributed by atoms with E-state index in [-0.39, 0.29) is 75.6 Å². The molecule has 3 N–H and O–H groups in total. The highest BCUT2D eigenvalue weighted by molar-refractivity contribution is 5.97. The monoisotopic (exact) mass is 645 g/mol. The van der Waals surface area contributed by atoms with E-state index in [1.165, 1.54) is 6.92 Å². The van der Waals surface area contributed by atoms with E-state index in [0.717, 1.165) is 38.3 Å². The fourth-order valence-corrected chi connectivity index (χ4v) is 8.67. The molecule has 5 aliphatic heterocycles. The summed E-state index contributed by atoms with van der Waals surface area (Å²) in [7, 11) is 0. The molecule has 6 atom stereocenters. The number of piperazine rings is 1. The van der Waals surface area contributed by atoms with Crippen molar-refractivity contribution >= 4 is 22.4 Å². The van der Waals surface area contributed by atoms with Gasteiger partial charge >= 0.3 is 6.01 Å². The van der Waals surface area contributed by atoms with E-state index >= 15 is 4.39 Å². The van der Waals surface area contributed by atoms with E-state index in [1.54, 1.807) is 0 Å². The van der Waals surface area contributed by atoms with Crippen LogP contribution in [0.25, 0.3) is 22.2 Å². The Kier molecular flexibility index (Phi) is 6.98. The Bertz CT molecular complexity index is 1730. The lowest BCUT2D eigenvalue weighted by Gasteiger charge is -2.42. The highest BCUT2D eigenvalue weighted by Gasteiger charge is 2.50. The maximum Gasteiger partial charge on any atom is 0.319 e. The molecule has 4 saturated heterocycles. The van der Waals surface area contributed by atoms with Crippen molar-refractivity contribution < 1.29 is 31.4 Å². The van der Waals surface area contributed by atoms with Crippen LogP contribution in [0.5, 0.6) is 11.9 Å². The number of nitrogens with zero attached hydrogens (tertiary/aromatic N) is 5. The molecule has 0 spiro atoms. The number of hydrogen-bond donors (Lipinski definition) is 2. The van der Waals surface area contributed by atoms with Crippen LogP contribution in [0.2, 0.25) is 0 Å². The van der Waals surface area contributed by atoms with Crippen molar-refractivity contribution in [2.45, 2.75) is 94.7 Å². The van der Waals surface area contributed by atoms with Crippen molar-refractivity contribution in [3.8, 4) is 23.1 Å². The molecule has 0 aliphatic carbocycles. The molecule has 14 heteroatoms. The number of fused-ring (bicyclic) bond motifs is 6. The van der Waals surface area contributed by atoms with Gasteiger partial charge in [0.05, 0.1) is 17.3 Å². The second kappa shape index (κ2) is 10.8. The molecule has 0 saturated carbocycles. The van der Waals surface area contributed by atoms with Crippen LogP contribution in [0, 0.1) is 18.6 Å². The van der Waals surface area contributed by atoms with Crippen molar-refractivity contribution in [1.82, 2.24) is 25.2 Å². The Balaban J connectivity index is 1.32. The molecule has 0 amide bonds. The lowest BCUT2D eigenvalue weighted by molar-refractivity contribution is 0.107. The number of ether oxygens (including phenoxy) is 2. The fourth-order valence-electron chi connectivity index (χ4n) is 8.67. The van der Waals surface area contributed by atoms with Gasteiger partial charge in [-0.2, -0.15) is 9.97 Å². The second-order valence-corrected chi connectivity index (χ2v) is 13.5. The summed E-state index contributed by atoms with van der Waals surface area (Å²) >= 11 is 0. The number of alkyl halides is 3. The topological polar surface area (TPSA) is 102 Å². The first-order chi connectivity index (χ1) is 22.0. The summed E-state index contributed by atoms with van der Waals surface area (Å²) in [5.41, 5.74) is 4.38. The molecule has 2 bridgehead atoms. The maximum absolute atomic E-state index is 16.9. The minimum atomic E-state index is -2.83. The second-order valence-electron chi connectivity index (χ2n) is 13.5. The first-order valence-electron chi connectivity index (χ1n) is 16.0. The predicted molar refractivity (Wildman–Crippen MR) is 161 cm³/mol. The van der Waals surface area contributed by atoms with E-state index in [2.05, 4.69) is 25.1 Å². The van der Waals surface area contributed by atoms with Crippen molar-refractivity contribution in [2.24, 2.45) is 0 Å². The highest BCUT2D eigenvalue weighted by Crippen LogP contribution is 2.46. The zero-order chi connectivity index (χ0) is 32.1. The van der Waals surface area contributed by atoms with Crippen molar-refractivity contribution in [3.63, 3.8) is 0 Å². The Hall–Kier alpha value is -3.52. The number of halogens is 5. The number of benzene rings is 1. The zero-order valence-corrected chi connectivity index (χ0v) is 25.6. The van der Waals surface area contributed by atoms with E-state index in [1.807, 2.05) is 6.92 Å². The van der Waals surface area contributed by atoms with Crippen LogP contribution in [0.1, 0.15) is 50.2 Å². The Morgan fingerprint density at radius 2 is 2.00 bits per heavy atom. The molecule has 1 aromatic carbocycles. The van der Waals surface area contributed by atoms with Crippen LogP contribution < -0.4 is 25.4 Å². The number of nitrogens with one attached hydrogen (secondary N) is 1. The molecule has 9 nitrogen and oxygen atoms in total. The largest absolute Gasteiger partial charge is 0.472 e. The third-order valence-corrected chi connectivity index (χ3v) is 10.7. The summed E-state index contributed by atoms with van der Waals surface area (Å²) in [6.45, 7) is 5.11. The maximum atomic E-state index is 16.9. The number of nitrogens with two attached hydrogens (primary N) is 1. The van der Waals surface area contributed by atoms with Crippen LogP contribution in [0.3, 0.4) is 0 Å². The number of nitrogen functional groups attached to an aromatic ring is 1. The number of rotatable bonds is 6. The predicted octanol–water partition coefficient (Wildman–Crippen LogP) is 4.71. The lowest BCUT2D eigenvalue weighted by Crippen LogP contribution is -2.62. The number of anilines is 2. The summed E-state index contributed by atoms with van der Waals surface area (Å²) in [6.07, 6.45) is -1.10. The minimum absolute atomic E-state index is 0.0471. The van der Waals surface area contributed by atoms with E-state index in [9.17, 15) is 17.6 Å². The summed E-state index contributed by atoms with van der Waals surface area (Å²) in [5.74, 6) is -1.29.